The smallest absolute Gasteiger partial charge is 0.157 e. The van der Waals surface area contributed by atoms with Gasteiger partial charge in [-0.1, -0.05) is 6.92 Å². The zero-order valence-corrected chi connectivity index (χ0v) is 8.95. The van der Waals surface area contributed by atoms with Crippen LogP contribution in [0.15, 0.2) is 6.07 Å². The summed E-state index contributed by atoms with van der Waals surface area (Å²) in [6.45, 7) is 4.42. The van der Waals surface area contributed by atoms with Crippen molar-refractivity contribution in [3.05, 3.63) is 23.3 Å². The average molecular weight is 195 g/mol. The second-order valence-corrected chi connectivity index (χ2v) is 3.20. The molecule has 2 N–H and O–H groups in total. The predicted molar refractivity (Wildman–Crippen MR) is 54.7 cm³/mol. The summed E-state index contributed by atoms with van der Waals surface area (Å²) in [5, 5.41) is 0. The molecule has 0 saturated heterocycles. The van der Waals surface area contributed by atoms with Crippen molar-refractivity contribution in [1.82, 2.24) is 9.97 Å². The van der Waals surface area contributed by atoms with Crippen molar-refractivity contribution in [3.63, 3.8) is 0 Å². The van der Waals surface area contributed by atoms with Gasteiger partial charge in [-0.2, -0.15) is 0 Å². The van der Waals surface area contributed by atoms with Gasteiger partial charge in [0, 0.05) is 19.3 Å². The number of aryl methyl sites for hydroxylation is 1. The average Bonchev–Trinajstić information content (AvgIpc) is 2.19. The molecule has 0 aromatic carbocycles. The molecule has 1 unspecified atom stereocenters. The molecule has 0 saturated carbocycles. The van der Waals surface area contributed by atoms with Crippen molar-refractivity contribution in [2.24, 2.45) is 5.73 Å². The molecule has 1 rings (SSSR count). The van der Waals surface area contributed by atoms with Crippen LogP contribution >= 0.6 is 0 Å². The number of ether oxygens (including phenoxy) is 1. The van der Waals surface area contributed by atoms with Gasteiger partial charge in [-0.25, -0.2) is 9.97 Å². The van der Waals surface area contributed by atoms with E-state index in [2.05, 4.69) is 9.97 Å². The summed E-state index contributed by atoms with van der Waals surface area (Å²) < 4.78 is 5.27. The molecule has 1 aromatic heterocycles. The summed E-state index contributed by atoms with van der Waals surface area (Å²) in [5.74, 6) is 0.732. The van der Waals surface area contributed by atoms with Gasteiger partial charge in [-0.3, -0.25) is 0 Å². The predicted octanol–water partition coefficient (Wildman–Crippen LogP) is 1.34. The van der Waals surface area contributed by atoms with Crippen molar-refractivity contribution in [1.29, 1.82) is 0 Å². The molecule has 78 valence electrons. The molecule has 0 bridgehead atoms. The fraction of sp³-hybridized carbons (Fsp3) is 0.600. The number of rotatable bonds is 4. The van der Waals surface area contributed by atoms with Gasteiger partial charge in [0.2, 0.25) is 0 Å². The Morgan fingerprint density at radius 3 is 2.71 bits per heavy atom. The molecule has 0 fully saturated rings. The van der Waals surface area contributed by atoms with Crippen LogP contribution in [0.4, 0.5) is 0 Å². The third-order valence-corrected chi connectivity index (χ3v) is 2.08. The van der Waals surface area contributed by atoms with Gasteiger partial charge >= 0.3 is 0 Å². The van der Waals surface area contributed by atoms with E-state index in [9.17, 15) is 0 Å². The van der Waals surface area contributed by atoms with Crippen molar-refractivity contribution >= 4 is 0 Å². The van der Waals surface area contributed by atoms with Crippen molar-refractivity contribution < 1.29 is 4.74 Å². The van der Waals surface area contributed by atoms with Crippen LogP contribution in [0.25, 0.3) is 0 Å². The highest BCUT2D eigenvalue weighted by atomic mass is 16.5. The molecule has 4 nitrogen and oxygen atoms in total. The largest absolute Gasteiger partial charge is 0.373 e. The van der Waals surface area contributed by atoms with E-state index in [0.29, 0.717) is 6.54 Å². The van der Waals surface area contributed by atoms with Crippen LogP contribution < -0.4 is 5.73 Å². The zero-order valence-electron chi connectivity index (χ0n) is 8.95. The Bertz CT molecular complexity index is 297. The highest BCUT2D eigenvalue weighted by molar-refractivity contribution is 5.11. The Kier molecular flexibility index (Phi) is 3.98. The molecule has 0 aliphatic rings. The molecule has 1 aromatic rings. The van der Waals surface area contributed by atoms with Gasteiger partial charge < -0.3 is 10.5 Å². The summed E-state index contributed by atoms with van der Waals surface area (Å²) in [6, 6.07) is 1.89. The number of aromatic nitrogens is 2. The summed E-state index contributed by atoms with van der Waals surface area (Å²) in [7, 11) is 1.67. The lowest BCUT2D eigenvalue weighted by molar-refractivity contribution is 0.0922. The molecule has 0 amide bonds. The third-order valence-electron chi connectivity index (χ3n) is 2.08. The first-order valence-electron chi connectivity index (χ1n) is 4.78. The van der Waals surface area contributed by atoms with E-state index in [1.54, 1.807) is 7.11 Å². The Labute approximate surface area is 84.5 Å². The van der Waals surface area contributed by atoms with E-state index >= 15 is 0 Å². The number of methoxy groups -OCH3 is 1. The molecule has 14 heavy (non-hydrogen) atoms. The second-order valence-electron chi connectivity index (χ2n) is 3.20. The maximum atomic E-state index is 5.54. The highest BCUT2D eigenvalue weighted by Gasteiger charge is 2.12. The van der Waals surface area contributed by atoms with Gasteiger partial charge in [0.1, 0.15) is 6.10 Å². The van der Waals surface area contributed by atoms with E-state index in [4.69, 9.17) is 10.5 Å². The minimum Gasteiger partial charge on any atom is -0.373 e. The Balaban J connectivity index is 3.01. The molecular weight excluding hydrogens is 178 g/mol. The third kappa shape index (κ3) is 2.49. The quantitative estimate of drug-likeness (QED) is 0.787. The molecular formula is C10H17N3O. The van der Waals surface area contributed by atoms with Crippen LogP contribution in [0.2, 0.25) is 0 Å². The first kappa shape index (κ1) is 11.1. The Morgan fingerprint density at radius 1 is 1.50 bits per heavy atom. The van der Waals surface area contributed by atoms with Gasteiger partial charge in [-0.15, -0.1) is 0 Å². The van der Waals surface area contributed by atoms with Crippen LogP contribution in [0.1, 0.15) is 36.7 Å². The van der Waals surface area contributed by atoms with Crippen molar-refractivity contribution in [2.75, 3.05) is 7.11 Å². The van der Waals surface area contributed by atoms with E-state index in [1.165, 1.54) is 0 Å². The van der Waals surface area contributed by atoms with Gasteiger partial charge in [0.25, 0.3) is 0 Å². The minimum absolute atomic E-state index is 0.0276. The maximum absolute atomic E-state index is 5.54. The Hall–Kier alpha value is -1.00. The van der Waals surface area contributed by atoms with Crippen molar-refractivity contribution in [3.8, 4) is 0 Å². The van der Waals surface area contributed by atoms with Crippen LogP contribution in [0.3, 0.4) is 0 Å². The molecule has 1 heterocycles. The maximum Gasteiger partial charge on any atom is 0.157 e. The van der Waals surface area contributed by atoms with Crippen molar-refractivity contribution in [2.45, 2.75) is 32.9 Å². The summed E-state index contributed by atoms with van der Waals surface area (Å²) in [6.07, 6.45) is 0.837. The molecule has 0 aliphatic heterocycles. The van der Waals surface area contributed by atoms with Crippen LogP contribution in [-0.4, -0.2) is 17.1 Å². The lowest BCUT2D eigenvalue weighted by Crippen LogP contribution is -2.10. The highest BCUT2D eigenvalue weighted by Crippen LogP contribution is 2.16. The summed E-state index contributed by atoms with van der Waals surface area (Å²) in [5.41, 5.74) is 7.34. The SMILES string of the molecule is CCC(OC)c1nc(C)cc(CN)n1. The Morgan fingerprint density at radius 2 is 2.21 bits per heavy atom. The van der Waals surface area contributed by atoms with Gasteiger partial charge in [-0.05, 0) is 19.4 Å². The van der Waals surface area contributed by atoms with E-state index < -0.39 is 0 Å². The normalized spacial score (nSPS) is 12.9. The van der Waals surface area contributed by atoms with Crippen LogP contribution in [-0.2, 0) is 11.3 Å². The molecule has 0 spiro atoms. The fourth-order valence-electron chi connectivity index (χ4n) is 1.36. The second kappa shape index (κ2) is 5.02. The first-order valence-corrected chi connectivity index (χ1v) is 4.78. The minimum atomic E-state index is -0.0276. The standard InChI is InChI=1S/C10H17N3O/c1-4-9(14-3)10-12-7(2)5-8(6-11)13-10/h5,9H,4,6,11H2,1-3H3. The van der Waals surface area contributed by atoms with Gasteiger partial charge in [0.15, 0.2) is 5.82 Å². The van der Waals surface area contributed by atoms with Crippen LogP contribution in [0.5, 0.6) is 0 Å². The van der Waals surface area contributed by atoms with Crippen LogP contribution in [0, 0.1) is 6.92 Å². The number of nitrogens with two attached hydrogens (primary N) is 1. The monoisotopic (exact) mass is 195 g/mol. The number of hydrogen-bond acceptors (Lipinski definition) is 4. The summed E-state index contributed by atoms with van der Waals surface area (Å²) >= 11 is 0. The van der Waals surface area contributed by atoms with E-state index in [0.717, 1.165) is 23.6 Å². The fourth-order valence-corrected chi connectivity index (χ4v) is 1.36. The van der Waals surface area contributed by atoms with Gasteiger partial charge in [0.05, 0.1) is 5.69 Å². The molecule has 1 atom stereocenters. The van der Waals surface area contributed by atoms with E-state index in [-0.39, 0.29) is 6.10 Å². The molecule has 0 aliphatic carbocycles. The number of nitrogens with zero attached hydrogens (tertiary/aromatic N) is 2. The lowest BCUT2D eigenvalue weighted by atomic mass is 10.2. The van der Waals surface area contributed by atoms with E-state index in [1.807, 2.05) is 19.9 Å². The molecule has 0 radical (unpaired) electrons. The lowest BCUT2D eigenvalue weighted by Gasteiger charge is -2.12. The zero-order chi connectivity index (χ0) is 10.6. The molecule has 4 heteroatoms. The summed E-state index contributed by atoms with van der Waals surface area (Å²) in [4.78, 5) is 8.67. The first-order chi connectivity index (χ1) is 6.71. The topological polar surface area (TPSA) is 61.0 Å². The number of hydrogen-bond donors (Lipinski definition) is 1.